The monoisotopic (exact) mass is 442 g/mol. The molecule has 0 unspecified atom stereocenters. The Bertz CT molecular complexity index is 361. The third-order valence-corrected chi connectivity index (χ3v) is 5.69. The lowest BCUT2D eigenvalue weighted by molar-refractivity contribution is -0.159. The number of ether oxygens (including phenoxy) is 3. The Morgan fingerprint density at radius 3 is 0.968 bits per heavy atom. The second kappa shape index (κ2) is 25.3. The van der Waals surface area contributed by atoms with Crippen LogP contribution in [0.15, 0.2) is 0 Å². The quantitative estimate of drug-likeness (QED) is 0.0902. The van der Waals surface area contributed by atoms with E-state index in [0.717, 1.165) is 64.6 Å². The molecule has 0 saturated heterocycles. The van der Waals surface area contributed by atoms with E-state index in [9.17, 15) is 9.59 Å². The number of rotatable bonds is 24. The average molecular weight is 443 g/mol. The summed E-state index contributed by atoms with van der Waals surface area (Å²) in [5.74, 6) is -0.701. The normalized spacial score (nSPS) is 11.0. The summed E-state index contributed by atoms with van der Waals surface area (Å²) in [4.78, 5) is 23.5. The second-order valence-electron chi connectivity index (χ2n) is 8.70. The maximum atomic E-state index is 11.8. The molecule has 0 aliphatic heterocycles. The minimum atomic E-state index is -0.350. The molecule has 0 aliphatic carbocycles. The van der Waals surface area contributed by atoms with Gasteiger partial charge in [0.05, 0.1) is 0 Å². The molecule has 184 valence electrons. The van der Waals surface area contributed by atoms with Gasteiger partial charge in [-0.3, -0.25) is 9.59 Å². The van der Waals surface area contributed by atoms with Crippen molar-refractivity contribution < 1.29 is 23.8 Å². The lowest BCUT2D eigenvalue weighted by Crippen LogP contribution is -2.11. The number of esters is 2. The van der Waals surface area contributed by atoms with Crippen molar-refractivity contribution in [3.63, 3.8) is 0 Å². The van der Waals surface area contributed by atoms with E-state index < -0.39 is 0 Å². The molecule has 0 bridgehead atoms. The van der Waals surface area contributed by atoms with Gasteiger partial charge in [-0.25, -0.2) is 0 Å². The highest BCUT2D eigenvalue weighted by molar-refractivity contribution is 5.85. The van der Waals surface area contributed by atoms with Crippen molar-refractivity contribution in [2.45, 2.75) is 128 Å². The lowest BCUT2D eigenvalue weighted by Gasteiger charge is -2.05. The zero-order valence-corrected chi connectivity index (χ0v) is 20.6. The van der Waals surface area contributed by atoms with Gasteiger partial charge in [-0.1, -0.05) is 89.9 Å². The van der Waals surface area contributed by atoms with Crippen LogP contribution in [0.5, 0.6) is 0 Å². The van der Waals surface area contributed by atoms with E-state index in [4.69, 9.17) is 14.2 Å². The molecule has 0 amide bonds. The molecule has 0 aromatic heterocycles. The lowest BCUT2D eigenvalue weighted by atomic mass is 10.1. The molecule has 0 radical (unpaired) electrons. The van der Waals surface area contributed by atoms with Crippen LogP contribution in [0.4, 0.5) is 0 Å². The van der Waals surface area contributed by atoms with Crippen molar-refractivity contribution in [2.75, 3.05) is 27.4 Å². The van der Waals surface area contributed by atoms with Crippen LogP contribution in [0.3, 0.4) is 0 Å². The fraction of sp³-hybridized carbons (Fsp3) is 0.923. The first-order valence-corrected chi connectivity index (χ1v) is 12.9. The van der Waals surface area contributed by atoms with Crippen molar-refractivity contribution in [3.05, 3.63) is 0 Å². The third kappa shape index (κ3) is 25.2. The standard InChI is InChI=1S/C26H50O5/c1-29-23-19-15-11-7-3-5-9-13-17-21-25(27)31-26(28)22-18-14-10-6-4-8-12-16-20-24-30-2/h3-24H2,1-2H3. The van der Waals surface area contributed by atoms with Gasteiger partial charge in [0, 0.05) is 40.3 Å². The number of carbonyl (C=O) groups is 2. The molecule has 0 atom stereocenters. The molecule has 5 heteroatoms. The van der Waals surface area contributed by atoms with Gasteiger partial charge < -0.3 is 14.2 Å². The number of carbonyl (C=O) groups excluding carboxylic acids is 2. The van der Waals surface area contributed by atoms with E-state index in [1.807, 2.05) is 0 Å². The Hall–Kier alpha value is -0.940. The fourth-order valence-electron chi connectivity index (χ4n) is 3.74. The highest BCUT2D eigenvalue weighted by atomic mass is 16.6. The minimum Gasteiger partial charge on any atom is -0.393 e. The number of hydrogen-bond donors (Lipinski definition) is 0. The summed E-state index contributed by atoms with van der Waals surface area (Å²) < 4.78 is 15.0. The van der Waals surface area contributed by atoms with Gasteiger partial charge in [0.1, 0.15) is 0 Å². The van der Waals surface area contributed by atoms with E-state index in [1.54, 1.807) is 14.2 Å². The van der Waals surface area contributed by atoms with Gasteiger partial charge in [-0.2, -0.15) is 0 Å². The fourth-order valence-corrected chi connectivity index (χ4v) is 3.74. The molecule has 0 saturated carbocycles. The molecule has 0 aromatic rings. The van der Waals surface area contributed by atoms with Crippen LogP contribution >= 0.6 is 0 Å². The van der Waals surface area contributed by atoms with Crippen LogP contribution in [0.2, 0.25) is 0 Å². The van der Waals surface area contributed by atoms with Crippen molar-refractivity contribution >= 4 is 11.9 Å². The van der Waals surface area contributed by atoms with Gasteiger partial charge in [0.25, 0.3) is 0 Å². The molecule has 0 rings (SSSR count). The van der Waals surface area contributed by atoms with Crippen molar-refractivity contribution in [3.8, 4) is 0 Å². The Kier molecular flexibility index (Phi) is 24.6. The molecule has 31 heavy (non-hydrogen) atoms. The summed E-state index contributed by atoms with van der Waals surface area (Å²) in [6, 6.07) is 0. The average Bonchev–Trinajstić information content (AvgIpc) is 2.75. The van der Waals surface area contributed by atoms with E-state index in [-0.39, 0.29) is 11.9 Å². The largest absolute Gasteiger partial charge is 0.393 e. The third-order valence-electron chi connectivity index (χ3n) is 5.69. The molecule has 0 spiro atoms. The molecule has 0 N–H and O–H groups in total. The Labute approximate surface area is 192 Å². The smallest absolute Gasteiger partial charge is 0.313 e. The van der Waals surface area contributed by atoms with E-state index >= 15 is 0 Å². The molecular weight excluding hydrogens is 392 g/mol. The SMILES string of the molecule is COCCCCCCCCCCCC(=O)OC(=O)CCCCCCCCCCCOC. The van der Waals surface area contributed by atoms with Gasteiger partial charge in [-0.05, 0) is 25.7 Å². The van der Waals surface area contributed by atoms with Crippen LogP contribution in [0.1, 0.15) is 128 Å². The minimum absolute atomic E-state index is 0.350. The van der Waals surface area contributed by atoms with E-state index in [0.29, 0.717) is 12.8 Å². The first-order chi connectivity index (χ1) is 15.2. The van der Waals surface area contributed by atoms with Crippen LogP contribution in [0, 0.1) is 0 Å². The van der Waals surface area contributed by atoms with Gasteiger partial charge in [-0.15, -0.1) is 0 Å². The number of hydrogen-bond acceptors (Lipinski definition) is 5. The van der Waals surface area contributed by atoms with Crippen LogP contribution in [-0.4, -0.2) is 39.4 Å². The topological polar surface area (TPSA) is 61.8 Å². The highest BCUT2D eigenvalue weighted by Gasteiger charge is 2.09. The summed E-state index contributed by atoms with van der Waals surface area (Å²) in [6.45, 7) is 1.74. The maximum absolute atomic E-state index is 11.8. The Balaban J connectivity index is 3.31. The van der Waals surface area contributed by atoms with E-state index in [2.05, 4.69) is 0 Å². The van der Waals surface area contributed by atoms with Gasteiger partial charge in [0.15, 0.2) is 0 Å². The summed E-state index contributed by atoms with van der Waals surface area (Å²) in [6.07, 6.45) is 21.7. The van der Waals surface area contributed by atoms with E-state index in [1.165, 1.54) is 64.2 Å². The predicted molar refractivity (Wildman–Crippen MR) is 127 cm³/mol. The van der Waals surface area contributed by atoms with Crippen LogP contribution in [0.25, 0.3) is 0 Å². The molecule has 5 nitrogen and oxygen atoms in total. The first-order valence-electron chi connectivity index (χ1n) is 12.9. The van der Waals surface area contributed by atoms with Gasteiger partial charge >= 0.3 is 11.9 Å². The maximum Gasteiger partial charge on any atom is 0.313 e. The summed E-state index contributed by atoms with van der Waals surface area (Å²) in [7, 11) is 3.50. The molecule has 0 heterocycles. The van der Waals surface area contributed by atoms with Crippen molar-refractivity contribution in [1.29, 1.82) is 0 Å². The molecule has 0 aromatic carbocycles. The molecule has 0 fully saturated rings. The van der Waals surface area contributed by atoms with Crippen molar-refractivity contribution in [1.82, 2.24) is 0 Å². The van der Waals surface area contributed by atoms with Crippen LogP contribution < -0.4 is 0 Å². The number of unbranched alkanes of at least 4 members (excludes halogenated alkanes) is 16. The molecule has 0 aliphatic rings. The Morgan fingerprint density at radius 2 is 0.677 bits per heavy atom. The summed E-state index contributed by atoms with van der Waals surface area (Å²) in [5, 5.41) is 0. The van der Waals surface area contributed by atoms with Crippen LogP contribution in [-0.2, 0) is 23.8 Å². The molecular formula is C26H50O5. The Morgan fingerprint density at radius 1 is 0.419 bits per heavy atom. The predicted octanol–water partition coefficient (Wildman–Crippen LogP) is 7.15. The first kappa shape index (κ1) is 30.1. The summed E-state index contributed by atoms with van der Waals surface area (Å²) in [5.41, 5.74) is 0. The zero-order chi connectivity index (χ0) is 22.8. The number of methoxy groups -OCH3 is 2. The zero-order valence-electron chi connectivity index (χ0n) is 20.6. The second-order valence-corrected chi connectivity index (χ2v) is 8.70. The highest BCUT2D eigenvalue weighted by Crippen LogP contribution is 2.13. The summed E-state index contributed by atoms with van der Waals surface area (Å²) >= 11 is 0. The van der Waals surface area contributed by atoms with Crippen molar-refractivity contribution in [2.24, 2.45) is 0 Å². The van der Waals surface area contributed by atoms with Gasteiger partial charge in [0.2, 0.25) is 0 Å².